The Morgan fingerprint density at radius 1 is 1.38 bits per heavy atom. The molecule has 0 aliphatic rings. The lowest BCUT2D eigenvalue weighted by Gasteiger charge is -2.09. The molecule has 0 aliphatic carbocycles. The number of hydrogen-bond acceptors (Lipinski definition) is 1. The van der Waals surface area contributed by atoms with Gasteiger partial charge in [0.1, 0.15) is 0 Å². The number of rotatable bonds is 4. The highest BCUT2D eigenvalue weighted by molar-refractivity contribution is 5.97. The molecule has 8 heavy (non-hydrogen) atoms. The SMILES string of the molecule is CCC(CC)C[O][AlH2]. The molecule has 0 aromatic rings. The zero-order valence-electron chi connectivity index (χ0n) is 6.11. The van der Waals surface area contributed by atoms with Crippen molar-refractivity contribution in [3.8, 4) is 0 Å². The van der Waals surface area contributed by atoms with Crippen LogP contribution in [0.3, 0.4) is 0 Å². The molecular formula is C6H15AlO. The lowest BCUT2D eigenvalue weighted by Crippen LogP contribution is -2.05. The van der Waals surface area contributed by atoms with Gasteiger partial charge < -0.3 is 3.79 Å². The average Bonchev–Trinajstić information content (AvgIpc) is 1.83. The molecule has 2 heteroatoms. The molecule has 0 rings (SSSR count). The van der Waals surface area contributed by atoms with Crippen LogP contribution in [0.2, 0.25) is 0 Å². The first-order chi connectivity index (χ1) is 3.85. The van der Waals surface area contributed by atoms with Crippen molar-refractivity contribution in [2.45, 2.75) is 26.7 Å². The van der Waals surface area contributed by atoms with Gasteiger partial charge in [0.05, 0.1) is 0 Å². The molecule has 0 aromatic heterocycles. The molecule has 0 heterocycles. The summed E-state index contributed by atoms with van der Waals surface area (Å²) < 4.78 is 5.12. The van der Waals surface area contributed by atoms with Crippen molar-refractivity contribution in [2.75, 3.05) is 6.61 Å². The minimum absolute atomic E-state index is 0.812. The molecule has 0 atom stereocenters. The van der Waals surface area contributed by atoms with Crippen LogP contribution in [0, 0.1) is 5.92 Å². The van der Waals surface area contributed by atoms with Crippen LogP contribution in [0.5, 0.6) is 0 Å². The molecule has 0 aliphatic heterocycles. The summed E-state index contributed by atoms with van der Waals surface area (Å²) in [6.07, 6.45) is 2.53. The Bertz CT molecular complexity index is 43.8. The molecule has 0 aromatic carbocycles. The fraction of sp³-hybridized carbons (Fsp3) is 1.00. The van der Waals surface area contributed by atoms with Crippen LogP contribution in [0.4, 0.5) is 0 Å². The smallest absolute Gasteiger partial charge is 0.410 e. The molecule has 48 valence electrons. The van der Waals surface area contributed by atoms with Crippen molar-refractivity contribution in [3.05, 3.63) is 0 Å². The fourth-order valence-corrected chi connectivity index (χ4v) is 1.23. The van der Waals surface area contributed by atoms with Crippen molar-refractivity contribution in [1.29, 1.82) is 0 Å². The Balaban J connectivity index is 3.07. The minimum Gasteiger partial charge on any atom is -0.506 e. The Morgan fingerprint density at radius 2 is 1.88 bits per heavy atom. The van der Waals surface area contributed by atoms with Crippen molar-refractivity contribution in [2.24, 2.45) is 5.92 Å². The predicted molar refractivity (Wildman–Crippen MR) is 38.6 cm³/mol. The molecule has 0 bridgehead atoms. The fourth-order valence-electron chi connectivity index (χ4n) is 0.760. The Hall–Kier alpha value is 0.492. The third kappa shape index (κ3) is 3.49. The van der Waals surface area contributed by atoms with Gasteiger partial charge in [-0.1, -0.05) is 26.7 Å². The second-order valence-corrected chi connectivity index (χ2v) is 2.72. The van der Waals surface area contributed by atoms with E-state index in [1.165, 1.54) is 12.8 Å². The highest BCUT2D eigenvalue weighted by Crippen LogP contribution is 2.05. The standard InChI is InChI=1S/C6H13O.Al.2H/c1-3-6(4-2)5-7;;;/h6H,3-5H2,1-2H3;;;/q-1;+1;;. The van der Waals surface area contributed by atoms with Crippen LogP contribution < -0.4 is 0 Å². The van der Waals surface area contributed by atoms with Crippen LogP contribution in [0.1, 0.15) is 26.7 Å². The summed E-state index contributed by atoms with van der Waals surface area (Å²) in [6.45, 7) is 5.42. The third-order valence-corrected chi connectivity index (χ3v) is 1.89. The molecule has 0 fully saturated rings. The van der Waals surface area contributed by atoms with Gasteiger partial charge in [0, 0.05) is 6.61 Å². The largest absolute Gasteiger partial charge is 0.506 e. The van der Waals surface area contributed by atoms with E-state index in [1.54, 1.807) is 0 Å². The van der Waals surface area contributed by atoms with Gasteiger partial charge >= 0.3 is 16.6 Å². The zero-order chi connectivity index (χ0) is 6.41. The van der Waals surface area contributed by atoms with Gasteiger partial charge in [-0.3, -0.25) is 0 Å². The maximum absolute atomic E-state index is 5.12. The van der Waals surface area contributed by atoms with E-state index in [-0.39, 0.29) is 0 Å². The highest BCUT2D eigenvalue weighted by atomic mass is 27.1. The van der Waals surface area contributed by atoms with Crippen LogP contribution in [0.25, 0.3) is 0 Å². The van der Waals surface area contributed by atoms with Gasteiger partial charge in [0.15, 0.2) is 0 Å². The maximum Gasteiger partial charge on any atom is 0.410 e. The first kappa shape index (κ1) is 8.49. The maximum atomic E-state index is 5.12. The van der Waals surface area contributed by atoms with E-state index in [0.29, 0.717) is 0 Å². The summed E-state index contributed by atoms with van der Waals surface area (Å²) in [5.41, 5.74) is 0. The quantitative estimate of drug-likeness (QED) is 0.515. The minimum atomic E-state index is 0.812. The molecule has 1 nitrogen and oxygen atoms in total. The van der Waals surface area contributed by atoms with Crippen molar-refractivity contribution >= 4 is 16.6 Å². The zero-order valence-corrected chi connectivity index (χ0v) is 8.11. The lowest BCUT2D eigenvalue weighted by atomic mass is 10.1. The monoisotopic (exact) mass is 130 g/mol. The van der Waals surface area contributed by atoms with E-state index in [1.807, 2.05) is 0 Å². The van der Waals surface area contributed by atoms with Gasteiger partial charge in [-0.05, 0) is 5.92 Å². The molecule has 0 unspecified atom stereocenters. The molecule has 0 N–H and O–H groups in total. The van der Waals surface area contributed by atoms with Gasteiger partial charge in [-0.2, -0.15) is 0 Å². The summed E-state index contributed by atoms with van der Waals surface area (Å²) in [7, 11) is 0. The first-order valence-electron chi connectivity index (χ1n) is 3.34. The van der Waals surface area contributed by atoms with Crippen LogP contribution in [-0.2, 0) is 3.79 Å². The summed E-state index contributed by atoms with van der Waals surface area (Å²) >= 11 is 0.896. The van der Waals surface area contributed by atoms with E-state index in [9.17, 15) is 0 Å². The van der Waals surface area contributed by atoms with Crippen LogP contribution >= 0.6 is 0 Å². The predicted octanol–water partition coefficient (Wildman–Crippen LogP) is 0.987. The Kier molecular flexibility index (Phi) is 5.97. The summed E-state index contributed by atoms with van der Waals surface area (Å²) in [5.74, 6) is 0.812. The first-order valence-corrected chi connectivity index (χ1v) is 4.15. The highest BCUT2D eigenvalue weighted by Gasteiger charge is 1.98. The van der Waals surface area contributed by atoms with Gasteiger partial charge in [-0.25, -0.2) is 0 Å². The Morgan fingerprint density at radius 3 is 2.00 bits per heavy atom. The van der Waals surface area contributed by atoms with Crippen molar-refractivity contribution in [3.63, 3.8) is 0 Å². The molecule has 0 spiro atoms. The van der Waals surface area contributed by atoms with E-state index < -0.39 is 0 Å². The van der Waals surface area contributed by atoms with E-state index >= 15 is 0 Å². The molecular weight excluding hydrogens is 115 g/mol. The number of hydrogen-bond donors (Lipinski definition) is 0. The van der Waals surface area contributed by atoms with E-state index in [2.05, 4.69) is 13.8 Å². The molecule has 0 amide bonds. The van der Waals surface area contributed by atoms with Crippen molar-refractivity contribution in [1.82, 2.24) is 0 Å². The normalized spacial score (nSPS) is 10.4. The van der Waals surface area contributed by atoms with E-state index in [4.69, 9.17) is 3.79 Å². The summed E-state index contributed by atoms with van der Waals surface area (Å²) in [6, 6.07) is 0. The van der Waals surface area contributed by atoms with Crippen LogP contribution in [0.15, 0.2) is 0 Å². The Labute approximate surface area is 60.2 Å². The van der Waals surface area contributed by atoms with Crippen LogP contribution in [-0.4, -0.2) is 23.2 Å². The second-order valence-electron chi connectivity index (χ2n) is 2.14. The average molecular weight is 130 g/mol. The summed E-state index contributed by atoms with van der Waals surface area (Å²) in [4.78, 5) is 0. The van der Waals surface area contributed by atoms with Gasteiger partial charge in [-0.15, -0.1) is 0 Å². The van der Waals surface area contributed by atoms with Gasteiger partial charge in [0.2, 0.25) is 0 Å². The summed E-state index contributed by atoms with van der Waals surface area (Å²) in [5, 5.41) is 0. The molecule has 0 saturated heterocycles. The van der Waals surface area contributed by atoms with Crippen molar-refractivity contribution < 1.29 is 3.79 Å². The second kappa shape index (κ2) is 5.63. The molecule has 0 radical (unpaired) electrons. The molecule has 0 saturated carbocycles. The topological polar surface area (TPSA) is 9.23 Å². The van der Waals surface area contributed by atoms with Gasteiger partial charge in [0.25, 0.3) is 0 Å². The third-order valence-electron chi connectivity index (χ3n) is 1.56. The lowest BCUT2D eigenvalue weighted by molar-refractivity contribution is 0.260. The van der Waals surface area contributed by atoms with E-state index in [0.717, 1.165) is 29.1 Å².